The molecule has 0 aliphatic heterocycles. The molecule has 0 aromatic heterocycles. The molecule has 1 amide bonds. The van der Waals surface area contributed by atoms with Crippen LogP contribution in [0.1, 0.15) is 24.2 Å². The number of para-hydroxylation sites is 1. The molecule has 0 unspecified atom stereocenters. The third-order valence-electron chi connectivity index (χ3n) is 1.96. The van der Waals surface area contributed by atoms with Crippen molar-refractivity contribution < 1.29 is 15.0 Å². The molecule has 0 aliphatic rings. The minimum atomic E-state index is -1.03. The molecule has 0 aliphatic carbocycles. The van der Waals surface area contributed by atoms with Gasteiger partial charge in [-0.1, -0.05) is 6.07 Å². The SMILES string of the molecule is CC(C)(C#N)NC(=O)c1cccc(O)c1O. The summed E-state index contributed by atoms with van der Waals surface area (Å²) in [5.74, 6) is -1.48. The van der Waals surface area contributed by atoms with E-state index in [0.29, 0.717) is 0 Å². The Morgan fingerprint density at radius 1 is 1.44 bits per heavy atom. The van der Waals surface area contributed by atoms with E-state index >= 15 is 0 Å². The Kier molecular flexibility index (Phi) is 3.04. The molecule has 1 rings (SSSR count). The highest BCUT2D eigenvalue weighted by Crippen LogP contribution is 2.28. The predicted molar refractivity (Wildman–Crippen MR) is 56.9 cm³/mol. The summed E-state index contributed by atoms with van der Waals surface area (Å²) in [5.41, 5.74) is -1.10. The third kappa shape index (κ3) is 2.42. The van der Waals surface area contributed by atoms with E-state index in [9.17, 15) is 15.0 Å². The molecule has 84 valence electrons. The van der Waals surface area contributed by atoms with Crippen molar-refractivity contribution in [3.8, 4) is 17.6 Å². The lowest BCUT2D eigenvalue weighted by Crippen LogP contribution is -2.42. The first-order valence-corrected chi connectivity index (χ1v) is 4.62. The molecular formula is C11H12N2O3. The fraction of sp³-hybridized carbons (Fsp3) is 0.273. The van der Waals surface area contributed by atoms with Gasteiger partial charge in [0, 0.05) is 0 Å². The third-order valence-corrected chi connectivity index (χ3v) is 1.96. The fourth-order valence-electron chi connectivity index (χ4n) is 1.09. The molecule has 0 heterocycles. The van der Waals surface area contributed by atoms with E-state index in [2.05, 4.69) is 5.32 Å². The average Bonchev–Trinajstić information content (AvgIpc) is 2.21. The van der Waals surface area contributed by atoms with Gasteiger partial charge in [-0.05, 0) is 26.0 Å². The van der Waals surface area contributed by atoms with E-state index in [-0.39, 0.29) is 11.3 Å². The number of amides is 1. The Labute approximate surface area is 92.9 Å². The van der Waals surface area contributed by atoms with Gasteiger partial charge < -0.3 is 15.5 Å². The maximum absolute atomic E-state index is 11.7. The summed E-state index contributed by atoms with van der Waals surface area (Å²) < 4.78 is 0. The minimum Gasteiger partial charge on any atom is -0.504 e. The number of hydrogen-bond donors (Lipinski definition) is 3. The predicted octanol–water partition coefficient (Wildman–Crippen LogP) is 1.13. The number of aromatic hydroxyl groups is 2. The van der Waals surface area contributed by atoms with E-state index in [4.69, 9.17) is 5.26 Å². The van der Waals surface area contributed by atoms with Crippen LogP contribution in [0, 0.1) is 11.3 Å². The van der Waals surface area contributed by atoms with Gasteiger partial charge in [0.25, 0.3) is 5.91 Å². The summed E-state index contributed by atoms with van der Waals surface area (Å²) in [6.45, 7) is 3.06. The van der Waals surface area contributed by atoms with Crippen LogP contribution < -0.4 is 5.32 Å². The molecule has 0 saturated heterocycles. The Balaban J connectivity index is 2.99. The molecular weight excluding hydrogens is 208 g/mol. The summed E-state index contributed by atoms with van der Waals surface area (Å²) in [5, 5.41) is 29.8. The molecule has 5 nitrogen and oxygen atoms in total. The summed E-state index contributed by atoms with van der Waals surface area (Å²) in [7, 11) is 0. The molecule has 0 saturated carbocycles. The lowest BCUT2D eigenvalue weighted by Gasteiger charge is -2.17. The van der Waals surface area contributed by atoms with E-state index in [1.54, 1.807) is 0 Å². The fourth-order valence-corrected chi connectivity index (χ4v) is 1.09. The largest absolute Gasteiger partial charge is 0.504 e. The number of phenols is 2. The molecule has 0 fully saturated rings. The van der Waals surface area contributed by atoms with Crippen LogP contribution >= 0.6 is 0 Å². The molecule has 0 spiro atoms. The molecule has 1 aromatic rings. The van der Waals surface area contributed by atoms with Gasteiger partial charge in [0.05, 0.1) is 11.6 Å². The highest BCUT2D eigenvalue weighted by atomic mass is 16.3. The van der Waals surface area contributed by atoms with E-state index < -0.39 is 17.2 Å². The molecule has 0 bridgehead atoms. The first-order valence-electron chi connectivity index (χ1n) is 4.62. The lowest BCUT2D eigenvalue weighted by atomic mass is 10.1. The quantitative estimate of drug-likeness (QED) is 0.651. The van der Waals surface area contributed by atoms with Gasteiger partial charge in [-0.15, -0.1) is 0 Å². The summed E-state index contributed by atoms with van der Waals surface area (Å²) >= 11 is 0. The second kappa shape index (κ2) is 4.11. The van der Waals surface area contributed by atoms with Crippen molar-refractivity contribution in [3.05, 3.63) is 23.8 Å². The van der Waals surface area contributed by atoms with Gasteiger partial charge in [0.1, 0.15) is 5.54 Å². The zero-order valence-corrected chi connectivity index (χ0v) is 8.98. The maximum atomic E-state index is 11.7. The van der Waals surface area contributed by atoms with Gasteiger partial charge in [0.15, 0.2) is 11.5 Å². The average molecular weight is 220 g/mol. The number of nitrogens with zero attached hydrogens (tertiary/aromatic N) is 1. The van der Waals surface area contributed by atoms with E-state index in [1.165, 1.54) is 32.0 Å². The number of rotatable bonds is 2. The van der Waals surface area contributed by atoms with Gasteiger partial charge in [-0.2, -0.15) is 5.26 Å². The Morgan fingerprint density at radius 2 is 2.06 bits per heavy atom. The Morgan fingerprint density at radius 3 is 2.62 bits per heavy atom. The van der Waals surface area contributed by atoms with Crippen molar-refractivity contribution in [1.29, 1.82) is 5.26 Å². The first-order chi connectivity index (χ1) is 7.37. The van der Waals surface area contributed by atoms with E-state index in [1.807, 2.05) is 6.07 Å². The van der Waals surface area contributed by atoms with Crippen molar-refractivity contribution in [3.63, 3.8) is 0 Å². The van der Waals surface area contributed by atoms with E-state index in [0.717, 1.165) is 0 Å². The van der Waals surface area contributed by atoms with Crippen molar-refractivity contribution in [2.75, 3.05) is 0 Å². The minimum absolute atomic E-state index is 0.0664. The second-order valence-electron chi connectivity index (χ2n) is 3.86. The Bertz CT molecular complexity index is 461. The Hall–Kier alpha value is -2.22. The topological polar surface area (TPSA) is 93.4 Å². The van der Waals surface area contributed by atoms with Gasteiger partial charge in [0.2, 0.25) is 0 Å². The van der Waals surface area contributed by atoms with Crippen LogP contribution in [0.4, 0.5) is 0 Å². The van der Waals surface area contributed by atoms with Crippen LogP contribution in [-0.4, -0.2) is 21.7 Å². The monoisotopic (exact) mass is 220 g/mol. The van der Waals surface area contributed by atoms with Crippen molar-refractivity contribution in [2.45, 2.75) is 19.4 Å². The number of phenolic OH excluding ortho intramolecular Hbond substituents is 2. The summed E-state index contributed by atoms with van der Waals surface area (Å²) in [6.07, 6.45) is 0. The number of carbonyl (C=O) groups excluding carboxylic acids is 1. The van der Waals surface area contributed by atoms with Crippen LogP contribution in [0.25, 0.3) is 0 Å². The van der Waals surface area contributed by atoms with Crippen molar-refractivity contribution >= 4 is 5.91 Å². The van der Waals surface area contributed by atoms with Gasteiger partial charge in [-0.3, -0.25) is 4.79 Å². The van der Waals surface area contributed by atoms with Gasteiger partial charge in [-0.25, -0.2) is 0 Å². The smallest absolute Gasteiger partial charge is 0.256 e. The number of benzene rings is 1. The van der Waals surface area contributed by atoms with Crippen LogP contribution in [0.15, 0.2) is 18.2 Å². The molecule has 1 aromatic carbocycles. The molecule has 3 N–H and O–H groups in total. The summed E-state index contributed by atoms with van der Waals surface area (Å²) in [4.78, 5) is 11.7. The number of nitriles is 1. The van der Waals surface area contributed by atoms with Crippen LogP contribution in [0.5, 0.6) is 11.5 Å². The second-order valence-corrected chi connectivity index (χ2v) is 3.86. The van der Waals surface area contributed by atoms with Crippen molar-refractivity contribution in [2.24, 2.45) is 0 Å². The summed E-state index contributed by atoms with van der Waals surface area (Å²) in [6, 6.07) is 5.96. The zero-order chi connectivity index (χ0) is 12.3. The van der Waals surface area contributed by atoms with Crippen LogP contribution in [-0.2, 0) is 0 Å². The van der Waals surface area contributed by atoms with Crippen LogP contribution in [0.2, 0.25) is 0 Å². The standard InChI is InChI=1S/C11H12N2O3/c1-11(2,6-12)13-10(16)7-4-3-5-8(14)9(7)15/h3-5,14-15H,1-2H3,(H,13,16). The first kappa shape index (κ1) is 11.9. The van der Waals surface area contributed by atoms with Crippen LogP contribution in [0.3, 0.4) is 0 Å². The zero-order valence-electron chi connectivity index (χ0n) is 8.98. The molecule has 0 radical (unpaired) electrons. The molecule has 16 heavy (non-hydrogen) atoms. The molecule has 0 atom stereocenters. The normalized spacial score (nSPS) is 10.6. The highest BCUT2D eigenvalue weighted by molar-refractivity contribution is 5.98. The number of hydrogen-bond acceptors (Lipinski definition) is 4. The number of carbonyl (C=O) groups is 1. The highest BCUT2D eigenvalue weighted by Gasteiger charge is 2.22. The van der Waals surface area contributed by atoms with Gasteiger partial charge >= 0.3 is 0 Å². The van der Waals surface area contributed by atoms with Crippen molar-refractivity contribution in [1.82, 2.24) is 5.32 Å². The number of nitrogens with one attached hydrogen (secondary N) is 1. The molecule has 5 heteroatoms. The maximum Gasteiger partial charge on any atom is 0.256 e. The lowest BCUT2D eigenvalue weighted by molar-refractivity contribution is 0.0926.